The maximum absolute atomic E-state index is 12.2. The first-order valence-electron chi connectivity index (χ1n) is 7.92. The number of fused-ring (bicyclic) bond motifs is 1. The summed E-state index contributed by atoms with van der Waals surface area (Å²) in [5.74, 6) is -1.85. The minimum atomic E-state index is -1.38. The molecule has 0 saturated heterocycles. The van der Waals surface area contributed by atoms with Crippen molar-refractivity contribution >= 4 is 33.4 Å². The van der Waals surface area contributed by atoms with Gasteiger partial charge in [0, 0.05) is 12.6 Å². The lowest BCUT2D eigenvalue weighted by Gasteiger charge is -2.37. The molecule has 1 aromatic heterocycles. The molecule has 2 atom stereocenters. The predicted molar refractivity (Wildman–Crippen MR) is 89.2 cm³/mol. The molecule has 1 aromatic carbocycles. The van der Waals surface area contributed by atoms with Gasteiger partial charge in [-0.3, -0.25) is 4.79 Å². The van der Waals surface area contributed by atoms with Crippen molar-refractivity contribution in [1.29, 1.82) is 0 Å². The summed E-state index contributed by atoms with van der Waals surface area (Å²) in [6, 6.07) is 5.88. The van der Waals surface area contributed by atoms with Gasteiger partial charge in [0.1, 0.15) is 0 Å². The highest BCUT2D eigenvalue weighted by Gasteiger charge is 2.33. The Kier molecular flexibility index (Phi) is 4.61. The first-order chi connectivity index (χ1) is 11.1. The first-order valence-corrected chi connectivity index (χ1v) is 8.80. The van der Waals surface area contributed by atoms with E-state index >= 15 is 0 Å². The molecule has 2 unspecified atom stereocenters. The van der Waals surface area contributed by atoms with Gasteiger partial charge in [0.05, 0.1) is 15.7 Å². The molecule has 6 heteroatoms. The number of hydrogen-bond donors (Lipinski definition) is 1. The van der Waals surface area contributed by atoms with Crippen molar-refractivity contribution < 1.29 is 14.7 Å². The van der Waals surface area contributed by atoms with E-state index in [1.165, 1.54) is 0 Å². The zero-order chi connectivity index (χ0) is 16.4. The van der Waals surface area contributed by atoms with Gasteiger partial charge in [0.25, 0.3) is 0 Å². The Labute approximate surface area is 138 Å². The van der Waals surface area contributed by atoms with Crippen LogP contribution >= 0.6 is 11.3 Å². The molecular weight excluding hydrogens is 312 g/mol. The van der Waals surface area contributed by atoms with Gasteiger partial charge in [-0.2, -0.15) is 0 Å². The van der Waals surface area contributed by atoms with Crippen molar-refractivity contribution in [2.24, 2.45) is 5.92 Å². The highest BCUT2D eigenvalue weighted by molar-refractivity contribution is 7.16. The molecule has 1 heterocycles. The normalized spacial score (nSPS) is 21.3. The fourth-order valence-corrected chi connectivity index (χ4v) is 4.08. The summed E-state index contributed by atoms with van der Waals surface area (Å²) in [4.78, 5) is 29.3. The monoisotopic (exact) mass is 332 g/mol. The molecule has 1 N–H and O–H groups in total. The Morgan fingerprint density at radius 1 is 1.35 bits per heavy atom. The van der Waals surface area contributed by atoms with Crippen LogP contribution in [-0.2, 0) is 16.1 Å². The third kappa shape index (κ3) is 3.37. The highest BCUT2D eigenvalue weighted by Crippen LogP contribution is 2.30. The third-order valence-corrected chi connectivity index (χ3v) is 5.47. The minimum Gasteiger partial charge on any atom is -0.474 e. The van der Waals surface area contributed by atoms with E-state index in [4.69, 9.17) is 0 Å². The van der Waals surface area contributed by atoms with Gasteiger partial charge in [-0.25, -0.2) is 9.78 Å². The minimum absolute atomic E-state index is 0.00141. The van der Waals surface area contributed by atoms with Gasteiger partial charge >= 0.3 is 11.9 Å². The molecule has 23 heavy (non-hydrogen) atoms. The number of benzene rings is 1. The molecule has 1 saturated carbocycles. The number of rotatable bonds is 3. The van der Waals surface area contributed by atoms with Crippen LogP contribution in [0.4, 0.5) is 0 Å². The van der Waals surface area contributed by atoms with E-state index < -0.39 is 11.9 Å². The van der Waals surface area contributed by atoms with E-state index in [9.17, 15) is 14.7 Å². The summed E-state index contributed by atoms with van der Waals surface area (Å²) in [6.45, 7) is 2.43. The lowest BCUT2D eigenvalue weighted by Crippen LogP contribution is -2.47. The summed E-state index contributed by atoms with van der Waals surface area (Å²) in [7, 11) is 0. The Balaban J connectivity index is 1.87. The van der Waals surface area contributed by atoms with Crippen LogP contribution in [0.25, 0.3) is 10.2 Å². The van der Waals surface area contributed by atoms with E-state index in [0.29, 0.717) is 12.5 Å². The second-order valence-electron chi connectivity index (χ2n) is 6.22. The summed E-state index contributed by atoms with van der Waals surface area (Å²) >= 11 is 1.57. The quantitative estimate of drug-likeness (QED) is 0.876. The molecule has 5 nitrogen and oxygen atoms in total. The molecule has 1 aliphatic rings. The van der Waals surface area contributed by atoms with E-state index in [1.807, 2.05) is 18.2 Å². The Hall–Kier alpha value is -1.95. The van der Waals surface area contributed by atoms with Gasteiger partial charge in [0.15, 0.2) is 0 Å². The van der Waals surface area contributed by atoms with Crippen LogP contribution < -0.4 is 0 Å². The van der Waals surface area contributed by atoms with Gasteiger partial charge < -0.3 is 10.0 Å². The number of nitrogens with zero attached hydrogens (tertiary/aromatic N) is 2. The highest BCUT2D eigenvalue weighted by atomic mass is 32.1. The van der Waals surface area contributed by atoms with Crippen molar-refractivity contribution in [3.05, 3.63) is 29.3 Å². The molecule has 0 bridgehead atoms. The number of aromatic nitrogens is 1. The number of thiazole rings is 1. The van der Waals surface area contributed by atoms with Crippen LogP contribution in [-0.4, -0.2) is 32.9 Å². The summed E-state index contributed by atoms with van der Waals surface area (Å²) in [5.41, 5.74) is 3.61. The van der Waals surface area contributed by atoms with E-state index in [1.54, 1.807) is 21.7 Å². The van der Waals surface area contributed by atoms with Gasteiger partial charge in [0.2, 0.25) is 0 Å². The Morgan fingerprint density at radius 3 is 2.87 bits per heavy atom. The van der Waals surface area contributed by atoms with Crippen molar-refractivity contribution in [2.45, 2.75) is 45.2 Å². The standard InChI is InChI=1S/C17H20N2O3S/c1-11-4-2-3-5-14(11)19(16(20)17(21)22)9-12-6-7-15-13(8-12)18-10-23-15/h6-8,10-11,14H,2-5,9H2,1H3,(H,21,22). The first kappa shape index (κ1) is 15.9. The molecule has 0 aliphatic heterocycles. The SMILES string of the molecule is CC1CCCCC1N(Cc1ccc2scnc2c1)C(=O)C(=O)O. The van der Waals surface area contributed by atoms with Crippen molar-refractivity contribution in [3.63, 3.8) is 0 Å². The van der Waals surface area contributed by atoms with Crippen LogP contribution in [0.2, 0.25) is 0 Å². The third-order valence-electron chi connectivity index (χ3n) is 4.66. The van der Waals surface area contributed by atoms with Gasteiger partial charge in [-0.05, 0) is 36.5 Å². The molecular formula is C17H20N2O3S. The van der Waals surface area contributed by atoms with Crippen molar-refractivity contribution in [3.8, 4) is 0 Å². The number of carboxylic acids is 1. The van der Waals surface area contributed by atoms with E-state index in [2.05, 4.69) is 11.9 Å². The van der Waals surface area contributed by atoms with Gasteiger partial charge in [-0.15, -0.1) is 11.3 Å². The molecule has 122 valence electrons. The fourth-order valence-electron chi connectivity index (χ4n) is 3.42. The van der Waals surface area contributed by atoms with Crippen LogP contribution in [0.3, 0.4) is 0 Å². The molecule has 0 radical (unpaired) electrons. The lowest BCUT2D eigenvalue weighted by atomic mass is 9.84. The van der Waals surface area contributed by atoms with Crippen LogP contribution in [0, 0.1) is 5.92 Å². The molecule has 1 fully saturated rings. The van der Waals surface area contributed by atoms with E-state index in [0.717, 1.165) is 41.5 Å². The predicted octanol–water partition coefficient (Wildman–Crippen LogP) is 3.29. The number of amides is 1. The smallest absolute Gasteiger partial charge is 0.394 e. The average molecular weight is 332 g/mol. The molecule has 0 spiro atoms. The number of carboxylic acid groups (broad SMARTS) is 1. The van der Waals surface area contributed by atoms with E-state index in [-0.39, 0.29) is 6.04 Å². The summed E-state index contributed by atoms with van der Waals surface area (Å²) < 4.78 is 1.09. The number of carbonyl (C=O) groups is 2. The molecule has 2 aromatic rings. The number of aliphatic carboxylic acids is 1. The lowest BCUT2D eigenvalue weighted by molar-refractivity contribution is -0.158. The second-order valence-corrected chi connectivity index (χ2v) is 7.11. The number of carbonyl (C=O) groups excluding carboxylic acids is 1. The van der Waals surface area contributed by atoms with Crippen LogP contribution in [0.15, 0.2) is 23.7 Å². The van der Waals surface area contributed by atoms with Crippen molar-refractivity contribution in [2.75, 3.05) is 0 Å². The molecule has 3 rings (SSSR count). The fraction of sp³-hybridized carbons (Fsp3) is 0.471. The largest absolute Gasteiger partial charge is 0.474 e. The molecule has 1 amide bonds. The summed E-state index contributed by atoms with van der Waals surface area (Å²) in [6.07, 6.45) is 4.11. The zero-order valence-corrected chi connectivity index (χ0v) is 13.9. The maximum Gasteiger partial charge on any atom is 0.394 e. The van der Waals surface area contributed by atoms with Crippen LogP contribution in [0.5, 0.6) is 0 Å². The van der Waals surface area contributed by atoms with Gasteiger partial charge in [-0.1, -0.05) is 25.8 Å². The average Bonchev–Trinajstić information content (AvgIpc) is 3.00. The Morgan fingerprint density at radius 2 is 2.13 bits per heavy atom. The topological polar surface area (TPSA) is 70.5 Å². The van der Waals surface area contributed by atoms with Crippen LogP contribution in [0.1, 0.15) is 38.2 Å². The Bertz CT molecular complexity index is 727. The number of hydrogen-bond acceptors (Lipinski definition) is 4. The maximum atomic E-state index is 12.2. The summed E-state index contributed by atoms with van der Waals surface area (Å²) in [5, 5.41) is 9.18. The molecule has 1 aliphatic carbocycles. The zero-order valence-electron chi connectivity index (χ0n) is 13.1. The van der Waals surface area contributed by atoms with Crippen molar-refractivity contribution in [1.82, 2.24) is 9.88 Å². The second kappa shape index (κ2) is 6.66.